The Labute approximate surface area is 165 Å². The largest absolute Gasteiger partial charge is 0.491 e. The second-order valence-electron chi connectivity index (χ2n) is 7.83. The minimum atomic E-state index is -0.0873. The van der Waals surface area contributed by atoms with Crippen LogP contribution in [0.25, 0.3) is 0 Å². The van der Waals surface area contributed by atoms with Crippen LogP contribution in [0.3, 0.4) is 0 Å². The molecule has 2 aromatic heterocycles. The van der Waals surface area contributed by atoms with Crippen molar-refractivity contribution >= 4 is 11.9 Å². The van der Waals surface area contributed by atoms with E-state index in [1.807, 2.05) is 62.1 Å². The number of piperidine rings is 1. The summed E-state index contributed by atoms with van der Waals surface area (Å²) in [5.41, 5.74) is 2.21. The minimum Gasteiger partial charge on any atom is -0.491 e. The second-order valence-corrected chi connectivity index (χ2v) is 7.83. The molecule has 2 fully saturated rings. The predicted octanol–water partition coefficient (Wildman–Crippen LogP) is 2.83. The molecule has 28 heavy (non-hydrogen) atoms. The van der Waals surface area contributed by atoms with Gasteiger partial charge in [0.05, 0.1) is 6.61 Å². The Kier molecular flexibility index (Phi) is 4.91. The molecule has 4 rings (SSSR count). The van der Waals surface area contributed by atoms with E-state index in [-0.39, 0.29) is 12.1 Å². The molecule has 148 valence electrons. The molecule has 3 heterocycles. The number of fused-ring (bicyclic) bond motifs is 1. The summed E-state index contributed by atoms with van der Waals surface area (Å²) in [6, 6.07) is 3.71. The molecule has 1 saturated heterocycles. The quantitative estimate of drug-likeness (QED) is 0.793. The van der Waals surface area contributed by atoms with Gasteiger partial charge in [0.2, 0.25) is 5.95 Å². The first-order valence-electron chi connectivity index (χ1n) is 9.90. The van der Waals surface area contributed by atoms with E-state index in [0.717, 1.165) is 24.2 Å². The number of hydrogen-bond donors (Lipinski definition) is 0. The van der Waals surface area contributed by atoms with E-state index < -0.39 is 0 Å². The van der Waals surface area contributed by atoms with Crippen molar-refractivity contribution in [2.24, 2.45) is 11.8 Å². The van der Waals surface area contributed by atoms with Crippen molar-refractivity contribution in [3.05, 3.63) is 41.5 Å². The summed E-state index contributed by atoms with van der Waals surface area (Å²) < 4.78 is 5.69. The van der Waals surface area contributed by atoms with Gasteiger partial charge in [0, 0.05) is 31.7 Å². The molecule has 1 aliphatic heterocycles. The molecule has 0 N–H and O–H groups in total. The lowest BCUT2D eigenvalue weighted by molar-refractivity contribution is 0.0588. The summed E-state index contributed by atoms with van der Waals surface area (Å²) in [7, 11) is 1.96. The minimum absolute atomic E-state index is 0.0820. The van der Waals surface area contributed by atoms with Crippen LogP contribution < -0.4 is 9.64 Å². The van der Waals surface area contributed by atoms with Gasteiger partial charge in [0.25, 0.3) is 5.91 Å². The number of ether oxygens (including phenoxy) is 1. The van der Waals surface area contributed by atoms with E-state index in [2.05, 4.69) is 15.0 Å². The van der Waals surface area contributed by atoms with Crippen molar-refractivity contribution < 1.29 is 9.53 Å². The van der Waals surface area contributed by atoms with Gasteiger partial charge < -0.3 is 14.5 Å². The van der Waals surface area contributed by atoms with Gasteiger partial charge in [-0.1, -0.05) is 0 Å². The molecule has 1 aliphatic carbocycles. The van der Waals surface area contributed by atoms with Gasteiger partial charge in [-0.3, -0.25) is 4.79 Å². The van der Waals surface area contributed by atoms with Crippen LogP contribution in [0.5, 0.6) is 5.75 Å². The SMILES string of the molecule is CCOc1ccc(C)nc1C(=O)N1CC2CC2CC1N(C)c1ncc(C)cn1. The Morgan fingerprint density at radius 1 is 1.21 bits per heavy atom. The third kappa shape index (κ3) is 3.53. The molecule has 1 amide bonds. The first-order chi connectivity index (χ1) is 13.5. The summed E-state index contributed by atoms with van der Waals surface area (Å²) in [5, 5.41) is 0. The fourth-order valence-corrected chi connectivity index (χ4v) is 3.99. The Morgan fingerprint density at radius 2 is 1.96 bits per heavy atom. The standard InChI is InChI=1S/C21H27N5O2/c1-5-28-17-7-6-14(3)24-19(17)20(27)26-12-16-8-15(16)9-18(26)25(4)21-22-10-13(2)11-23-21/h6-7,10-11,15-16,18H,5,8-9,12H2,1-4H3. The monoisotopic (exact) mass is 381 g/mol. The van der Waals surface area contributed by atoms with E-state index >= 15 is 0 Å². The maximum Gasteiger partial charge on any atom is 0.277 e. The molecule has 2 aromatic rings. The lowest BCUT2D eigenvalue weighted by Gasteiger charge is -2.40. The van der Waals surface area contributed by atoms with E-state index in [1.54, 1.807) is 0 Å². The third-order valence-electron chi connectivity index (χ3n) is 5.66. The number of amides is 1. The summed E-state index contributed by atoms with van der Waals surface area (Å²) in [6.45, 7) is 7.01. The fraction of sp³-hybridized carbons (Fsp3) is 0.524. The number of aryl methyl sites for hydroxylation is 2. The van der Waals surface area contributed by atoms with Crippen molar-refractivity contribution in [3.63, 3.8) is 0 Å². The van der Waals surface area contributed by atoms with Crippen molar-refractivity contribution in [1.82, 2.24) is 19.9 Å². The van der Waals surface area contributed by atoms with Gasteiger partial charge in [-0.05, 0) is 63.1 Å². The number of anilines is 1. The third-order valence-corrected chi connectivity index (χ3v) is 5.66. The number of rotatable bonds is 5. The number of carbonyl (C=O) groups excluding carboxylic acids is 1. The van der Waals surface area contributed by atoms with Crippen molar-refractivity contribution in [3.8, 4) is 5.75 Å². The Bertz CT molecular complexity index is 870. The van der Waals surface area contributed by atoms with Crippen molar-refractivity contribution in [2.45, 2.75) is 39.8 Å². The van der Waals surface area contributed by atoms with Crippen LogP contribution in [0.1, 0.15) is 41.5 Å². The lowest BCUT2D eigenvalue weighted by atomic mass is 10.1. The molecule has 3 atom stereocenters. The van der Waals surface area contributed by atoms with Gasteiger partial charge in [-0.2, -0.15) is 0 Å². The normalized spacial score (nSPS) is 23.1. The number of likely N-dealkylation sites (tertiary alicyclic amines) is 1. The highest BCUT2D eigenvalue weighted by molar-refractivity contribution is 5.95. The highest BCUT2D eigenvalue weighted by Crippen LogP contribution is 2.48. The van der Waals surface area contributed by atoms with Crippen LogP contribution in [0.15, 0.2) is 24.5 Å². The molecule has 7 nitrogen and oxygen atoms in total. The van der Waals surface area contributed by atoms with Crippen molar-refractivity contribution in [2.75, 3.05) is 25.1 Å². The van der Waals surface area contributed by atoms with Gasteiger partial charge in [0.1, 0.15) is 6.17 Å². The highest BCUT2D eigenvalue weighted by atomic mass is 16.5. The summed E-state index contributed by atoms with van der Waals surface area (Å²) in [5.74, 6) is 2.37. The Morgan fingerprint density at radius 3 is 2.68 bits per heavy atom. The molecule has 2 aliphatic rings. The molecular weight excluding hydrogens is 354 g/mol. The van der Waals surface area contributed by atoms with Crippen LogP contribution in [-0.2, 0) is 0 Å². The maximum absolute atomic E-state index is 13.5. The second kappa shape index (κ2) is 7.37. The number of nitrogens with zero attached hydrogens (tertiary/aromatic N) is 5. The average molecular weight is 381 g/mol. The summed E-state index contributed by atoms with van der Waals surface area (Å²) in [6.07, 6.45) is 5.64. The van der Waals surface area contributed by atoms with Gasteiger partial charge >= 0.3 is 0 Å². The number of pyridine rings is 1. The van der Waals surface area contributed by atoms with Crippen molar-refractivity contribution in [1.29, 1.82) is 0 Å². The molecule has 0 spiro atoms. The van der Waals surface area contributed by atoms with E-state index in [4.69, 9.17) is 4.74 Å². The van der Waals surface area contributed by atoms with Crippen LogP contribution in [0.2, 0.25) is 0 Å². The van der Waals surface area contributed by atoms with Crippen LogP contribution in [-0.4, -0.2) is 52.1 Å². The number of carbonyl (C=O) groups is 1. The fourth-order valence-electron chi connectivity index (χ4n) is 3.99. The molecule has 1 saturated carbocycles. The van der Waals surface area contributed by atoms with Gasteiger partial charge in [-0.25, -0.2) is 15.0 Å². The first kappa shape index (κ1) is 18.7. The van der Waals surface area contributed by atoms with Gasteiger partial charge in [-0.15, -0.1) is 0 Å². The predicted molar refractivity (Wildman–Crippen MR) is 106 cm³/mol. The smallest absolute Gasteiger partial charge is 0.277 e. The van der Waals surface area contributed by atoms with Crippen LogP contribution in [0, 0.1) is 25.7 Å². The summed E-state index contributed by atoms with van der Waals surface area (Å²) in [4.78, 5) is 30.9. The van der Waals surface area contributed by atoms with Gasteiger partial charge in [0.15, 0.2) is 11.4 Å². The number of hydrogen-bond acceptors (Lipinski definition) is 6. The van der Waals surface area contributed by atoms with Crippen LogP contribution >= 0.6 is 0 Å². The average Bonchev–Trinajstić information content (AvgIpc) is 3.46. The highest BCUT2D eigenvalue weighted by Gasteiger charge is 2.49. The molecule has 0 radical (unpaired) electrons. The van der Waals surface area contributed by atoms with E-state index in [0.29, 0.717) is 35.8 Å². The molecule has 7 heteroatoms. The Hall–Kier alpha value is -2.70. The topological polar surface area (TPSA) is 71.5 Å². The van der Waals surface area contributed by atoms with Crippen LogP contribution in [0.4, 0.5) is 5.95 Å². The zero-order valence-electron chi connectivity index (χ0n) is 16.9. The lowest BCUT2D eigenvalue weighted by Crippen LogP contribution is -2.53. The van der Waals surface area contributed by atoms with E-state index in [9.17, 15) is 4.79 Å². The molecule has 0 aromatic carbocycles. The molecule has 0 bridgehead atoms. The Balaban J connectivity index is 1.65. The number of aromatic nitrogens is 3. The summed E-state index contributed by atoms with van der Waals surface area (Å²) >= 11 is 0. The molecular formula is C21H27N5O2. The zero-order valence-corrected chi connectivity index (χ0v) is 16.9. The van der Waals surface area contributed by atoms with E-state index in [1.165, 1.54) is 6.42 Å². The maximum atomic E-state index is 13.5. The zero-order chi connectivity index (χ0) is 19.8. The first-order valence-corrected chi connectivity index (χ1v) is 9.90. The molecule has 3 unspecified atom stereocenters.